The molecule has 0 N–H and O–H groups in total. The molecule has 4 heteroatoms. The number of ether oxygens (including phenoxy) is 2. The molecule has 30 heavy (non-hydrogen) atoms. The van der Waals surface area contributed by atoms with Crippen LogP contribution in [0.15, 0.2) is 72.8 Å². The molecular weight excluding hydrogens is 376 g/mol. The Morgan fingerprint density at radius 1 is 0.533 bits per heavy atom. The molecule has 0 aromatic heterocycles. The first-order chi connectivity index (χ1) is 14.5. The Hall–Kier alpha value is -3.92. The molecule has 0 spiro atoms. The zero-order chi connectivity index (χ0) is 20.8. The van der Waals surface area contributed by atoms with Gasteiger partial charge in [0.2, 0.25) is 0 Å². The third-order valence-electron chi connectivity index (χ3n) is 5.29. The SMILES string of the molecule is CC(=O)Oc1c(OC(C)=O)c2ccc3ccc4ccccc4c3c2c2ccccc12. The lowest BCUT2D eigenvalue weighted by Gasteiger charge is -2.18. The molecule has 0 atom stereocenters. The summed E-state index contributed by atoms with van der Waals surface area (Å²) >= 11 is 0. The fourth-order valence-electron chi connectivity index (χ4n) is 4.20. The predicted octanol–water partition coefficient (Wildman–Crippen LogP) is 6.15. The molecule has 0 saturated heterocycles. The molecule has 146 valence electrons. The molecule has 5 rings (SSSR count). The molecule has 0 radical (unpaired) electrons. The number of benzene rings is 5. The molecule has 5 aromatic rings. The van der Waals surface area contributed by atoms with Crippen LogP contribution in [0.5, 0.6) is 11.5 Å². The minimum absolute atomic E-state index is 0.264. The topological polar surface area (TPSA) is 52.6 Å². The Bertz CT molecular complexity index is 1500. The van der Waals surface area contributed by atoms with Crippen molar-refractivity contribution in [3.05, 3.63) is 72.8 Å². The summed E-state index contributed by atoms with van der Waals surface area (Å²) in [6.07, 6.45) is 0. The van der Waals surface area contributed by atoms with Gasteiger partial charge in [-0.1, -0.05) is 66.7 Å². The Morgan fingerprint density at radius 3 is 1.77 bits per heavy atom. The largest absolute Gasteiger partial charge is 0.422 e. The summed E-state index contributed by atoms with van der Waals surface area (Å²) in [6, 6.07) is 24.0. The van der Waals surface area contributed by atoms with Gasteiger partial charge in [-0.3, -0.25) is 9.59 Å². The van der Waals surface area contributed by atoms with Crippen molar-refractivity contribution in [3.63, 3.8) is 0 Å². The average molecular weight is 394 g/mol. The number of hydrogen-bond acceptors (Lipinski definition) is 4. The van der Waals surface area contributed by atoms with Crippen LogP contribution in [-0.2, 0) is 9.59 Å². The van der Waals surface area contributed by atoms with Crippen LogP contribution in [0.3, 0.4) is 0 Å². The molecule has 0 unspecified atom stereocenters. The van der Waals surface area contributed by atoms with Crippen molar-refractivity contribution in [1.29, 1.82) is 0 Å². The second-order valence-electron chi connectivity index (χ2n) is 7.26. The molecule has 4 nitrogen and oxygen atoms in total. The molecule has 0 aliphatic carbocycles. The zero-order valence-corrected chi connectivity index (χ0v) is 16.6. The molecule has 0 aliphatic rings. The molecule has 0 fully saturated rings. The van der Waals surface area contributed by atoms with E-state index in [2.05, 4.69) is 24.3 Å². The van der Waals surface area contributed by atoms with Crippen molar-refractivity contribution < 1.29 is 19.1 Å². The third-order valence-corrected chi connectivity index (χ3v) is 5.29. The van der Waals surface area contributed by atoms with Crippen LogP contribution in [0.2, 0.25) is 0 Å². The van der Waals surface area contributed by atoms with Crippen molar-refractivity contribution in [3.8, 4) is 11.5 Å². The van der Waals surface area contributed by atoms with Gasteiger partial charge in [0.1, 0.15) is 0 Å². The van der Waals surface area contributed by atoms with Crippen LogP contribution < -0.4 is 9.47 Å². The van der Waals surface area contributed by atoms with E-state index >= 15 is 0 Å². The van der Waals surface area contributed by atoms with Gasteiger partial charge >= 0.3 is 11.9 Å². The van der Waals surface area contributed by atoms with E-state index < -0.39 is 11.9 Å². The summed E-state index contributed by atoms with van der Waals surface area (Å²) in [5.74, 6) is -0.418. The lowest BCUT2D eigenvalue weighted by atomic mass is 9.92. The van der Waals surface area contributed by atoms with E-state index in [-0.39, 0.29) is 11.5 Å². The second-order valence-corrected chi connectivity index (χ2v) is 7.26. The van der Waals surface area contributed by atoms with Gasteiger partial charge in [-0.2, -0.15) is 0 Å². The van der Waals surface area contributed by atoms with Crippen molar-refractivity contribution in [2.24, 2.45) is 0 Å². The van der Waals surface area contributed by atoms with E-state index in [1.165, 1.54) is 13.8 Å². The van der Waals surface area contributed by atoms with Gasteiger partial charge in [-0.25, -0.2) is 0 Å². The minimum atomic E-state index is -0.474. The maximum Gasteiger partial charge on any atom is 0.308 e. The van der Waals surface area contributed by atoms with Crippen molar-refractivity contribution in [2.75, 3.05) is 0 Å². The van der Waals surface area contributed by atoms with Crippen molar-refractivity contribution in [2.45, 2.75) is 13.8 Å². The lowest BCUT2D eigenvalue weighted by Crippen LogP contribution is -2.08. The number of esters is 2. The normalized spacial score (nSPS) is 11.3. The van der Waals surface area contributed by atoms with Crippen LogP contribution in [0, 0.1) is 0 Å². The highest BCUT2D eigenvalue weighted by molar-refractivity contribution is 6.30. The van der Waals surface area contributed by atoms with Crippen LogP contribution in [0.4, 0.5) is 0 Å². The Kier molecular flexibility index (Phi) is 4.14. The summed E-state index contributed by atoms with van der Waals surface area (Å²) in [5.41, 5.74) is 0. The van der Waals surface area contributed by atoms with Gasteiger partial charge in [0.25, 0.3) is 0 Å². The summed E-state index contributed by atoms with van der Waals surface area (Å²) in [6.45, 7) is 2.68. The zero-order valence-electron chi connectivity index (χ0n) is 16.6. The van der Waals surface area contributed by atoms with Crippen LogP contribution in [0.1, 0.15) is 13.8 Å². The van der Waals surface area contributed by atoms with E-state index in [9.17, 15) is 9.59 Å². The molecule has 0 amide bonds. The highest BCUT2D eigenvalue weighted by Crippen LogP contribution is 2.47. The number of carbonyl (C=O) groups is 2. The fraction of sp³-hybridized carbons (Fsp3) is 0.0769. The standard InChI is InChI=1S/C26H18O4/c1-15(27)29-25-21-10-6-5-9-20(21)24-22(26(25)30-16(2)28)14-13-18-12-11-17-7-3-4-8-19(17)23(18)24/h3-14H,1-2H3. The van der Waals surface area contributed by atoms with E-state index in [4.69, 9.17) is 9.47 Å². The first-order valence-electron chi connectivity index (χ1n) is 9.70. The fourth-order valence-corrected chi connectivity index (χ4v) is 4.20. The lowest BCUT2D eigenvalue weighted by molar-refractivity contribution is -0.134. The van der Waals surface area contributed by atoms with Crippen molar-refractivity contribution >= 4 is 55.0 Å². The highest BCUT2D eigenvalue weighted by atomic mass is 16.6. The van der Waals surface area contributed by atoms with Crippen molar-refractivity contribution in [1.82, 2.24) is 0 Å². The van der Waals surface area contributed by atoms with E-state index in [1.807, 2.05) is 48.5 Å². The second kappa shape index (κ2) is 6.85. The predicted molar refractivity (Wildman–Crippen MR) is 119 cm³/mol. The van der Waals surface area contributed by atoms with E-state index in [1.54, 1.807) is 0 Å². The highest BCUT2D eigenvalue weighted by Gasteiger charge is 2.21. The molecule has 0 heterocycles. The average Bonchev–Trinajstić information content (AvgIpc) is 2.74. The maximum atomic E-state index is 11.9. The number of hydrogen-bond donors (Lipinski definition) is 0. The Labute approximate surface area is 172 Å². The third kappa shape index (κ3) is 2.77. The first kappa shape index (κ1) is 18.1. The van der Waals surface area contributed by atoms with E-state index in [0.717, 1.165) is 43.1 Å². The van der Waals surface area contributed by atoms with Gasteiger partial charge in [0.05, 0.1) is 0 Å². The molecular formula is C26H18O4. The van der Waals surface area contributed by atoms with Gasteiger partial charge in [-0.05, 0) is 33.0 Å². The van der Waals surface area contributed by atoms with Gasteiger partial charge in [0.15, 0.2) is 11.5 Å². The molecule has 0 aliphatic heterocycles. The summed E-state index contributed by atoms with van der Waals surface area (Å²) < 4.78 is 11.2. The number of carbonyl (C=O) groups excluding carboxylic acids is 2. The first-order valence-corrected chi connectivity index (χ1v) is 9.70. The summed E-state index contributed by atoms with van der Waals surface area (Å²) in [7, 11) is 0. The maximum absolute atomic E-state index is 11.9. The number of rotatable bonds is 2. The monoisotopic (exact) mass is 394 g/mol. The van der Waals surface area contributed by atoms with Crippen LogP contribution in [-0.4, -0.2) is 11.9 Å². The Morgan fingerprint density at radius 2 is 1.07 bits per heavy atom. The van der Waals surface area contributed by atoms with E-state index in [0.29, 0.717) is 0 Å². The molecule has 5 aromatic carbocycles. The summed E-state index contributed by atoms with van der Waals surface area (Å²) in [5, 5.41) is 7.74. The molecule has 0 bridgehead atoms. The van der Waals surface area contributed by atoms with Gasteiger partial charge in [-0.15, -0.1) is 0 Å². The minimum Gasteiger partial charge on any atom is -0.422 e. The summed E-state index contributed by atoms with van der Waals surface area (Å²) in [4.78, 5) is 23.8. The number of fused-ring (bicyclic) bond motifs is 7. The molecule has 0 saturated carbocycles. The smallest absolute Gasteiger partial charge is 0.308 e. The quantitative estimate of drug-likeness (QED) is 0.205. The Balaban J connectivity index is 2.09. The van der Waals surface area contributed by atoms with Crippen LogP contribution in [0.25, 0.3) is 43.1 Å². The van der Waals surface area contributed by atoms with Crippen LogP contribution >= 0.6 is 0 Å². The van der Waals surface area contributed by atoms with Gasteiger partial charge < -0.3 is 9.47 Å². The van der Waals surface area contributed by atoms with Gasteiger partial charge in [0, 0.05) is 30.0 Å².